The van der Waals surface area contributed by atoms with Crippen molar-refractivity contribution in [2.45, 2.75) is 45.1 Å². The van der Waals surface area contributed by atoms with Gasteiger partial charge in [-0.1, -0.05) is 19.8 Å². The van der Waals surface area contributed by atoms with Gasteiger partial charge in [0, 0.05) is 18.8 Å². The van der Waals surface area contributed by atoms with Crippen molar-refractivity contribution in [2.75, 3.05) is 11.9 Å². The second kappa shape index (κ2) is 5.75. The smallest absolute Gasteiger partial charge is 0.311 e. The summed E-state index contributed by atoms with van der Waals surface area (Å²) in [6, 6.07) is 1.55. The molecule has 1 aliphatic carbocycles. The lowest BCUT2D eigenvalue weighted by Gasteiger charge is -2.42. The first-order valence-electron chi connectivity index (χ1n) is 7.08. The van der Waals surface area contributed by atoms with E-state index < -0.39 is 0 Å². The van der Waals surface area contributed by atoms with Gasteiger partial charge in [-0.15, -0.1) is 0 Å². The molecule has 2 atom stereocenters. The van der Waals surface area contributed by atoms with E-state index in [1.807, 2.05) is 0 Å². The van der Waals surface area contributed by atoms with E-state index >= 15 is 0 Å². The molecule has 0 bridgehead atoms. The van der Waals surface area contributed by atoms with Gasteiger partial charge in [-0.3, -0.25) is 10.1 Å². The van der Waals surface area contributed by atoms with Gasteiger partial charge in [0.2, 0.25) is 5.82 Å². The van der Waals surface area contributed by atoms with Gasteiger partial charge in [-0.05, 0) is 31.2 Å². The fourth-order valence-corrected chi connectivity index (χ4v) is 2.98. The van der Waals surface area contributed by atoms with Crippen LogP contribution in [-0.2, 0) is 0 Å². The highest BCUT2D eigenvalue weighted by Gasteiger charge is 2.38. The molecule has 0 aliphatic heterocycles. The van der Waals surface area contributed by atoms with Crippen molar-refractivity contribution < 1.29 is 4.92 Å². The lowest BCUT2D eigenvalue weighted by molar-refractivity contribution is -0.384. The van der Waals surface area contributed by atoms with Crippen molar-refractivity contribution in [1.29, 1.82) is 0 Å². The van der Waals surface area contributed by atoms with Gasteiger partial charge >= 0.3 is 5.69 Å². The Morgan fingerprint density at radius 2 is 2.35 bits per heavy atom. The molecule has 0 saturated heterocycles. The summed E-state index contributed by atoms with van der Waals surface area (Å²) in [7, 11) is 0. The highest BCUT2D eigenvalue weighted by Crippen LogP contribution is 2.37. The summed E-state index contributed by atoms with van der Waals surface area (Å²) in [6.45, 7) is 4.41. The van der Waals surface area contributed by atoms with E-state index in [2.05, 4.69) is 17.2 Å². The molecule has 3 N–H and O–H groups in total. The molecule has 0 amide bonds. The molecule has 6 nitrogen and oxygen atoms in total. The van der Waals surface area contributed by atoms with Crippen LogP contribution in [0.1, 0.15) is 38.2 Å². The van der Waals surface area contributed by atoms with Gasteiger partial charge in [0.05, 0.1) is 10.5 Å². The van der Waals surface area contributed by atoms with Gasteiger partial charge in [0.25, 0.3) is 0 Å². The van der Waals surface area contributed by atoms with Crippen LogP contribution in [0.25, 0.3) is 0 Å². The van der Waals surface area contributed by atoms with Gasteiger partial charge in [-0.2, -0.15) is 0 Å². The molecule has 1 aromatic heterocycles. The third-order valence-corrected chi connectivity index (χ3v) is 4.39. The average Bonchev–Trinajstić information content (AvgIpc) is 2.43. The van der Waals surface area contributed by atoms with Crippen molar-refractivity contribution >= 4 is 11.5 Å². The molecule has 2 unspecified atom stereocenters. The summed E-state index contributed by atoms with van der Waals surface area (Å²) in [5.41, 5.74) is 6.49. The van der Waals surface area contributed by atoms with E-state index in [0.29, 0.717) is 18.3 Å². The third kappa shape index (κ3) is 2.75. The molecule has 6 heteroatoms. The molecular formula is C14H22N4O2. The van der Waals surface area contributed by atoms with Crippen molar-refractivity contribution in [3.05, 3.63) is 27.9 Å². The number of nitrogens with two attached hydrogens (primary N) is 1. The number of pyridine rings is 1. The van der Waals surface area contributed by atoms with Gasteiger partial charge in [-0.25, -0.2) is 4.98 Å². The second-order valence-corrected chi connectivity index (χ2v) is 5.77. The molecule has 0 spiro atoms. The standard InChI is InChI=1S/C14H22N4O2/c1-10-7-12(18(19)20)13(16-8-10)17-14(9-15)6-4-3-5-11(14)2/h7-8,11H,3-6,9,15H2,1-2H3,(H,16,17). The summed E-state index contributed by atoms with van der Waals surface area (Å²) in [5.74, 6) is 0.712. The van der Waals surface area contributed by atoms with E-state index in [1.54, 1.807) is 19.2 Å². The van der Waals surface area contributed by atoms with Crippen LogP contribution in [0.5, 0.6) is 0 Å². The summed E-state index contributed by atoms with van der Waals surface area (Å²) in [4.78, 5) is 15.0. The molecule has 1 aromatic rings. The molecule has 0 aromatic carbocycles. The zero-order valence-corrected chi connectivity index (χ0v) is 12.1. The fourth-order valence-electron chi connectivity index (χ4n) is 2.98. The fraction of sp³-hybridized carbons (Fsp3) is 0.643. The number of nitrogens with one attached hydrogen (secondary N) is 1. The first-order chi connectivity index (χ1) is 9.48. The Kier molecular flexibility index (Phi) is 4.23. The number of aromatic nitrogens is 1. The minimum absolute atomic E-state index is 0.0237. The van der Waals surface area contributed by atoms with Crippen LogP contribution in [-0.4, -0.2) is 22.0 Å². The lowest BCUT2D eigenvalue weighted by atomic mass is 9.73. The maximum absolute atomic E-state index is 11.2. The van der Waals surface area contributed by atoms with Crippen LogP contribution in [0.4, 0.5) is 11.5 Å². The maximum Gasteiger partial charge on any atom is 0.311 e. The van der Waals surface area contributed by atoms with E-state index in [-0.39, 0.29) is 16.1 Å². The van der Waals surface area contributed by atoms with Gasteiger partial charge < -0.3 is 11.1 Å². The largest absolute Gasteiger partial charge is 0.357 e. The minimum atomic E-state index is -0.389. The van der Waals surface area contributed by atoms with E-state index in [9.17, 15) is 10.1 Å². The Bertz CT molecular complexity index is 506. The van der Waals surface area contributed by atoms with Gasteiger partial charge in [0.1, 0.15) is 0 Å². The first-order valence-corrected chi connectivity index (χ1v) is 7.08. The Morgan fingerprint density at radius 1 is 1.60 bits per heavy atom. The first kappa shape index (κ1) is 14.7. The summed E-state index contributed by atoms with van der Waals surface area (Å²) >= 11 is 0. The van der Waals surface area contributed by atoms with Crippen molar-refractivity contribution in [3.63, 3.8) is 0 Å². The number of rotatable bonds is 4. The predicted molar refractivity (Wildman–Crippen MR) is 78.7 cm³/mol. The summed E-state index contributed by atoms with van der Waals surface area (Å²) in [5, 5.41) is 14.5. The predicted octanol–water partition coefficient (Wildman–Crippen LogP) is 2.62. The van der Waals surface area contributed by atoms with E-state index in [1.165, 1.54) is 6.42 Å². The number of aryl methyl sites for hydroxylation is 1. The lowest BCUT2D eigenvalue weighted by Crippen LogP contribution is -2.52. The van der Waals surface area contributed by atoms with Crippen molar-refractivity contribution in [3.8, 4) is 0 Å². The zero-order chi connectivity index (χ0) is 14.8. The number of nitro groups is 1. The molecular weight excluding hydrogens is 256 g/mol. The topological polar surface area (TPSA) is 94.1 Å². The van der Waals surface area contributed by atoms with Crippen molar-refractivity contribution in [2.24, 2.45) is 11.7 Å². The van der Waals surface area contributed by atoms with Crippen LogP contribution in [0, 0.1) is 23.0 Å². The number of hydrogen-bond donors (Lipinski definition) is 2. The Balaban J connectivity index is 2.34. The second-order valence-electron chi connectivity index (χ2n) is 5.77. The van der Waals surface area contributed by atoms with Crippen LogP contribution in [0.3, 0.4) is 0 Å². The Hall–Kier alpha value is -1.69. The molecule has 1 saturated carbocycles. The molecule has 20 heavy (non-hydrogen) atoms. The monoisotopic (exact) mass is 278 g/mol. The van der Waals surface area contributed by atoms with Crippen LogP contribution in [0.15, 0.2) is 12.3 Å². The van der Waals surface area contributed by atoms with E-state index in [4.69, 9.17) is 5.73 Å². The Labute approximate surface area is 118 Å². The van der Waals surface area contributed by atoms with Crippen LogP contribution < -0.4 is 11.1 Å². The number of hydrogen-bond acceptors (Lipinski definition) is 5. The molecule has 0 radical (unpaired) electrons. The van der Waals surface area contributed by atoms with Gasteiger partial charge in [0.15, 0.2) is 0 Å². The SMILES string of the molecule is Cc1cnc(NC2(CN)CCCCC2C)c([N+](=O)[O-])c1. The Morgan fingerprint density at radius 3 is 2.95 bits per heavy atom. The summed E-state index contributed by atoms with van der Waals surface area (Å²) in [6.07, 6.45) is 5.94. The molecule has 1 heterocycles. The highest BCUT2D eigenvalue weighted by molar-refractivity contribution is 5.58. The zero-order valence-electron chi connectivity index (χ0n) is 12.1. The third-order valence-electron chi connectivity index (χ3n) is 4.39. The van der Waals surface area contributed by atoms with Crippen LogP contribution in [0.2, 0.25) is 0 Å². The average molecular weight is 278 g/mol. The molecule has 2 rings (SSSR count). The van der Waals surface area contributed by atoms with Crippen molar-refractivity contribution in [1.82, 2.24) is 4.98 Å². The molecule has 110 valence electrons. The van der Waals surface area contributed by atoms with E-state index in [0.717, 1.165) is 24.8 Å². The number of anilines is 1. The van der Waals surface area contributed by atoms with Crippen LogP contribution >= 0.6 is 0 Å². The minimum Gasteiger partial charge on any atom is -0.357 e. The summed E-state index contributed by atoms with van der Waals surface area (Å²) < 4.78 is 0. The normalized spacial score (nSPS) is 26.2. The maximum atomic E-state index is 11.2. The quantitative estimate of drug-likeness (QED) is 0.652. The number of nitrogens with zero attached hydrogens (tertiary/aromatic N) is 2. The molecule has 1 fully saturated rings. The molecule has 1 aliphatic rings. The highest BCUT2D eigenvalue weighted by atomic mass is 16.6.